The van der Waals surface area contributed by atoms with Crippen molar-refractivity contribution in [3.63, 3.8) is 0 Å². The molecule has 2 nitrogen and oxygen atoms in total. The predicted octanol–water partition coefficient (Wildman–Crippen LogP) is 5.26. The Morgan fingerprint density at radius 3 is 2.04 bits per heavy atom. The molecule has 0 aliphatic heterocycles. The molecule has 0 unspecified atom stereocenters. The second-order valence-electron chi connectivity index (χ2n) is 9.47. The quantitative estimate of drug-likeness (QED) is 0.498. The predicted molar refractivity (Wildman–Crippen MR) is 99.6 cm³/mol. The summed E-state index contributed by atoms with van der Waals surface area (Å²) in [5, 5.41) is 0. The van der Waals surface area contributed by atoms with Crippen molar-refractivity contribution >= 4 is 0 Å². The van der Waals surface area contributed by atoms with E-state index in [4.69, 9.17) is 4.74 Å². The lowest BCUT2D eigenvalue weighted by molar-refractivity contribution is -0.910. The van der Waals surface area contributed by atoms with Crippen molar-refractivity contribution in [3.05, 3.63) is 0 Å². The molecule has 136 valence electrons. The van der Waals surface area contributed by atoms with Crippen LogP contribution in [0.25, 0.3) is 0 Å². The maximum absolute atomic E-state index is 6.52. The summed E-state index contributed by atoms with van der Waals surface area (Å²) in [7, 11) is 2.45. The fourth-order valence-electron chi connectivity index (χ4n) is 5.21. The van der Waals surface area contributed by atoms with Gasteiger partial charge >= 0.3 is 0 Å². The van der Waals surface area contributed by atoms with Crippen molar-refractivity contribution in [2.75, 3.05) is 33.3 Å². The third-order valence-corrected chi connectivity index (χ3v) is 7.77. The fourth-order valence-corrected chi connectivity index (χ4v) is 5.21. The molecule has 0 aromatic heterocycles. The Labute approximate surface area is 145 Å². The zero-order chi connectivity index (χ0) is 17.1. The van der Waals surface area contributed by atoms with E-state index in [1.54, 1.807) is 0 Å². The van der Waals surface area contributed by atoms with Gasteiger partial charge in [0.25, 0.3) is 0 Å². The number of quaternary nitrogens is 1. The summed E-state index contributed by atoms with van der Waals surface area (Å²) in [5.41, 5.74) is 0.883. The van der Waals surface area contributed by atoms with Crippen LogP contribution >= 0.6 is 0 Å². The second-order valence-corrected chi connectivity index (χ2v) is 9.47. The van der Waals surface area contributed by atoms with Crippen molar-refractivity contribution < 1.29 is 9.22 Å². The van der Waals surface area contributed by atoms with E-state index in [1.165, 1.54) is 69.1 Å². The standard InChI is InChI=1S/C21H42NO/c1-7-9-13-22(6,14-10-8-2)15-16-23-19-17-18-11-12-21(19,5)20(18,3)4/h18-19H,7-17H2,1-6H3/q+1/t18-,19+,21+/m1/s1. The van der Waals surface area contributed by atoms with Crippen molar-refractivity contribution in [1.29, 1.82) is 0 Å². The van der Waals surface area contributed by atoms with Crippen molar-refractivity contribution in [3.8, 4) is 0 Å². The molecule has 2 aliphatic carbocycles. The molecule has 2 rings (SSSR count). The molecule has 2 saturated carbocycles. The molecule has 2 heteroatoms. The second kappa shape index (κ2) is 7.44. The Balaban J connectivity index is 1.85. The third kappa shape index (κ3) is 3.79. The minimum absolute atomic E-state index is 0.411. The van der Waals surface area contributed by atoms with Crippen molar-refractivity contribution in [2.45, 2.75) is 85.7 Å². The van der Waals surface area contributed by atoms with E-state index in [-0.39, 0.29) is 0 Å². The Bertz CT molecular complexity index is 370. The van der Waals surface area contributed by atoms with Gasteiger partial charge in [0.1, 0.15) is 6.54 Å². The highest BCUT2D eigenvalue weighted by molar-refractivity contribution is 5.11. The fraction of sp³-hybridized carbons (Fsp3) is 1.00. The highest BCUT2D eigenvalue weighted by atomic mass is 16.5. The van der Waals surface area contributed by atoms with Crippen molar-refractivity contribution in [2.24, 2.45) is 16.7 Å². The van der Waals surface area contributed by atoms with Gasteiger partial charge in [-0.1, -0.05) is 47.5 Å². The lowest BCUT2D eigenvalue weighted by Gasteiger charge is -2.40. The molecule has 0 amide bonds. The van der Waals surface area contributed by atoms with Gasteiger partial charge in [-0.3, -0.25) is 0 Å². The van der Waals surface area contributed by atoms with E-state index in [0.29, 0.717) is 16.9 Å². The lowest BCUT2D eigenvalue weighted by Crippen LogP contribution is -2.48. The molecule has 3 atom stereocenters. The van der Waals surface area contributed by atoms with Crippen LogP contribution in [0, 0.1) is 16.7 Å². The van der Waals surface area contributed by atoms with Crippen LogP contribution < -0.4 is 0 Å². The van der Waals surface area contributed by atoms with E-state index in [9.17, 15) is 0 Å². The van der Waals surface area contributed by atoms with Crippen LogP contribution in [0.2, 0.25) is 0 Å². The first-order chi connectivity index (χ1) is 10.8. The summed E-state index contributed by atoms with van der Waals surface area (Å²) >= 11 is 0. The summed E-state index contributed by atoms with van der Waals surface area (Å²) in [6.45, 7) is 16.8. The minimum Gasteiger partial charge on any atom is -0.372 e. The zero-order valence-corrected chi connectivity index (χ0v) is 16.8. The number of unbranched alkanes of at least 4 members (excludes halogenated alkanes) is 2. The molecule has 0 aromatic rings. The molecule has 0 aromatic carbocycles. The van der Waals surface area contributed by atoms with Crippen LogP contribution in [0.4, 0.5) is 0 Å². The topological polar surface area (TPSA) is 9.23 Å². The molecule has 0 radical (unpaired) electrons. The van der Waals surface area contributed by atoms with E-state index in [0.717, 1.165) is 12.5 Å². The van der Waals surface area contributed by atoms with Crippen LogP contribution in [0.15, 0.2) is 0 Å². The maximum atomic E-state index is 6.52. The van der Waals surface area contributed by atoms with Crippen LogP contribution in [0.1, 0.15) is 79.6 Å². The monoisotopic (exact) mass is 324 g/mol. The van der Waals surface area contributed by atoms with Crippen LogP contribution in [0.5, 0.6) is 0 Å². The third-order valence-electron chi connectivity index (χ3n) is 7.77. The molecule has 2 fully saturated rings. The highest BCUT2D eigenvalue weighted by Crippen LogP contribution is 2.66. The summed E-state index contributed by atoms with van der Waals surface area (Å²) < 4.78 is 7.72. The largest absolute Gasteiger partial charge is 0.372 e. The number of likely N-dealkylation sites (N-methyl/N-ethyl adjacent to an activating group) is 1. The molecule has 2 bridgehead atoms. The Hall–Kier alpha value is -0.0800. The van der Waals surface area contributed by atoms with Crippen LogP contribution in [-0.4, -0.2) is 43.9 Å². The van der Waals surface area contributed by atoms with E-state index in [2.05, 4.69) is 41.7 Å². The van der Waals surface area contributed by atoms with Gasteiger partial charge in [0, 0.05) is 0 Å². The van der Waals surface area contributed by atoms with E-state index < -0.39 is 0 Å². The zero-order valence-electron chi connectivity index (χ0n) is 16.8. The van der Waals surface area contributed by atoms with Gasteiger partial charge in [-0.25, -0.2) is 0 Å². The first-order valence-electron chi connectivity index (χ1n) is 10.2. The molecular weight excluding hydrogens is 282 g/mol. The summed E-state index contributed by atoms with van der Waals surface area (Å²) in [6.07, 6.45) is 9.89. The molecular formula is C21H42NO+. The SMILES string of the molecule is CCCC[N+](C)(CCCC)CCO[C@H]1C[C@H]2CC[C@]1(C)C2(C)C. The maximum Gasteiger partial charge on any atom is 0.102 e. The van der Waals surface area contributed by atoms with Gasteiger partial charge in [0.2, 0.25) is 0 Å². The Morgan fingerprint density at radius 2 is 1.61 bits per heavy atom. The highest BCUT2D eigenvalue weighted by Gasteiger charge is 2.61. The van der Waals surface area contributed by atoms with Gasteiger partial charge in [0.15, 0.2) is 0 Å². The minimum atomic E-state index is 0.411. The first kappa shape index (κ1) is 19.2. The van der Waals surface area contributed by atoms with Gasteiger partial charge in [-0.15, -0.1) is 0 Å². The first-order valence-corrected chi connectivity index (χ1v) is 10.2. The molecule has 0 heterocycles. The average molecular weight is 325 g/mol. The molecule has 0 saturated heterocycles. The lowest BCUT2D eigenvalue weighted by atomic mass is 9.70. The van der Waals surface area contributed by atoms with Gasteiger partial charge in [0.05, 0.1) is 32.8 Å². The number of nitrogens with zero attached hydrogens (tertiary/aromatic N) is 1. The number of fused-ring (bicyclic) bond motifs is 2. The van der Waals surface area contributed by atoms with E-state index >= 15 is 0 Å². The average Bonchev–Trinajstić information content (AvgIpc) is 2.84. The molecule has 23 heavy (non-hydrogen) atoms. The summed E-state index contributed by atoms with van der Waals surface area (Å²) in [4.78, 5) is 0. The Morgan fingerprint density at radius 1 is 1.00 bits per heavy atom. The number of rotatable bonds is 10. The van der Waals surface area contributed by atoms with Crippen LogP contribution in [0.3, 0.4) is 0 Å². The summed E-state index contributed by atoms with van der Waals surface area (Å²) in [6, 6.07) is 0. The summed E-state index contributed by atoms with van der Waals surface area (Å²) in [5.74, 6) is 0.888. The van der Waals surface area contributed by atoms with Gasteiger partial charge in [-0.2, -0.15) is 0 Å². The number of ether oxygens (including phenoxy) is 1. The van der Waals surface area contributed by atoms with Gasteiger partial charge < -0.3 is 9.22 Å². The molecule has 0 N–H and O–H groups in total. The van der Waals surface area contributed by atoms with Crippen molar-refractivity contribution in [1.82, 2.24) is 0 Å². The molecule has 2 aliphatic rings. The Kier molecular flexibility index (Phi) is 6.22. The number of hydrogen-bond acceptors (Lipinski definition) is 1. The van der Waals surface area contributed by atoms with Gasteiger partial charge in [-0.05, 0) is 48.9 Å². The molecule has 0 spiro atoms. The van der Waals surface area contributed by atoms with Crippen LogP contribution in [-0.2, 0) is 4.74 Å². The number of hydrogen-bond donors (Lipinski definition) is 0. The normalized spacial score (nSPS) is 32.6. The van der Waals surface area contributed by atoms with E-state index in [1.807, 2.05) is 0 Å². The smallest absolute Gasteiger partial charge is 0.102 e.